The van der Waals surface area contributed by atoms with Gasteiger partial charge in [0, 0.05) is 30.9 Å². The molecule has 0 spiro atoms. The molecule has 2 aromatic rings. The van der Waals surface area contributed by atoms with Crippen molar-refractivity contribution in [3.8, 4) is 0 Å². The zero-order chi connectivity index (χ0) is 35.6. The molecular weight excluding hydrogens is 626 g/mol. The molecule has 2 atom stereocenters. The summed E-state index contributed by atoms with van der Waals surface area (Å²) in [5.41, 5.74) is 8.34. The second-order valence-corrected chi connectivity index (χ2v) is 13.0. The molecule has 1 fully saturated rings. The summed E-state index contributed by atoms with van der Waals surface area (Å²) in [6.07, 6.45) is 0.655. The summed E-state index contributed by atoms with van der Waals surface area (Å²) in [6.45, 7) is 6.53. The first kappa shape index (κ1) is 36.9. The predicted molar refractivity (Wildman–Crippen MR) is 186 cm³/mol. The van der Waals surface area contributed by atoms with E-state index in [4.69, 9.17) is 15.2 Å². The first-order chi connectivity index (χ1) is 23.4. The van der Waals surface area contributed by atoms with Gasteiger partial charge < -0.3 is 40.5 Å². The molecule has 2 aromatic carbocycles. The van der Waals surface area contributed by atoms with Crippen molar-refractivity contribution >= 4 is 29.8 Å². The number of esters is 1. The number of benzene rings is 2. The highest BCUT2D eigenvalue weighted by Crippen LogP contribution is 2.32. The van der Waals surface area contributed by atoms with Gasteiger partial charge in [0.2, 0.25) is 5.91 Å². The van der Waals surface area contributed by atoms with Crippen molar-refractivity contribution < 1.29 is 28.7 Å². The number of urea groups is 1. The fraction of sp³-hybridized carbons (Fsp3) is 0.472. The molecule has 2 heterocycles. The third kappa shape index (κ3) is 9.82. The minimum Gasteiger partial charge on any atom is -0.465 e. The Bertz CT molecular complexity index is 1530. The molecule has 49 heavy (non-hydrogen) atoms. The Hall–Kier alpha value is -4.91. The van der Waals surface area contributed by atoms with Crippen molar-refractivity contribution in [3.63, 3.8) is 0 Å². The summed E-state index contributed by atoms with van der Waals surface area (Å²) in [7, 11) is 3.88. The summed E-state index contributed by atoms with van der Waals surface area (Å²) in [4.78, 5) is 62.4. The first-order valence-corrected chi connectivity index (χ1v) is 16.6. The molecule has 4 rings (SSSR count). The number of carbonyl (C=O) groups excluding carboxylic acids is 4. The van der Waals surface area contributed by atoms with Crippen LogP contribution in [-0.2, 0) is 25.7 Å². The van der Waals surface area contributed by atoms with Crippen molar-refractivity contribution in [2.45, 2.75) is 51.8 Å². The summed E-state index contributed by atoms with van der Waals surface area (Å²) in [5.74, 6) is -1.41. The van der Waals surface area contributed by atoms with Crippen LogP contribution in [0.25, 0.3) is 0 Å². The Morgan fingerprint density at radius 2 is 1.71 bits per heavy atom. The van der Waals surface area contributed by atoms with Crippen molar-refractivity contribution in [3.05, 3.63) is 83.1 Å². The molecule has 4 N–H and O–H groups in total. The van der Waals surface area contributed by atoms with Crippen LogP contribution in [0.15, 0.2) is 76.9 Å². The maximum absolute atomic E-state index is 13.9. The van der Waals surface area contributed by atoms with Gasteiger partial charge in [-0.05, 0) is 58.8 Å². The zero-order valence-electron chi connectivity index (χ0n) is 29.1. The smallest absolute Gasteiger partial charge is 0.410 e. The molecule has 2 aliphatic heterocycles. The SMILES string of the molecule is CCOC(=O)CN=C(NC(=O)[C@@H]1CCCN(C(=O)OCc2ccccc2)C1)C1=C(N)C(C)(C)N(C(=O)N[C@H](CN(C)C)c2ccccc2)C1. The number of rotatable bonds is 11. The fourth-order valence-corrected chi connectivity index (χ4v) is 5.94. The number of hydrogen-bond acceptors (Lipinski definition) is 9. The van der Waals surface area contributed by atoms with Gasteiger partial charge in [-0.15, -0.1) is 0 Å². The van der Waals surface area contributed by atoms with Gasteiger partial charge in [-0.2, -0.15) is 0 Å². The Labute approximate surface area is 288 Å². The molecule has 0 aliphatic carbocycles. The van der Waals surface area contributed by atoms with Gasteiger partial charge in [0.15, 0.2) is 0 Å². The third-order valence-corrected chi connectivity index (χ3v) is 8.72. The van der Waals surface area contributed by atoms with Crippen LogP contribution in [0.4, 0.5) is 9.59 Å². The highest BCUT2D eigenvalue weighted by Gasteiger charge is 2.43. The standard InChI is InChI=1S/C36H49N7O6/c1-6-48-30(44)20-38-32(40-33(45)27-18-13-19-42(21-27)35(47)49-24-25-14-9-7-10-15-25)28-22-43(36(2,3)31(28)37)34(46)39-29(23-41(4)5)26-16-11-8-12-17-26/h7-12,14-17,27,29H,6,13,18-24,37H2,1-5H3,(H,39,46)(H,38,40,45)/t27-,29-/m1/s1. The van der Waals surface area contributed by atoms with Crippen LogP contribution in [0, 0.1) is 5.92 Å². The average Bonchev–Trinajstić information content (AvgIpc) is 3.33. The average molecular weight is 676 g/mol. The number of nitrogens with zero attached hydrogens (tertiary/aromatic N) is 4. The fourth-order valence-electron chi connectivity index (χ4n) is 5.94. The Balaban J connectivity index is 1.50. The maximum atomic E-state index is 13.9. The normalized spacial score (nSPS) is 18.2. The lowest BCUT2D eigenvalue weighted by Crippen LogP contribution is -2.52. The lowest BCUT2D eigenvalue weighted by molar-refractivity contribution is -0.141. The predicted octanol–water partition coefficient (Wildman–Crippen LogP) is 3.43. The lowest BCUT2D eigenvalue weighted by atomic mass is 9.97. The zero-order valence-corrected chi connectivity index (χ0v) is 29.1. The quantitative estimate of drug-likeness (QED) is 0.186. The minimum absolute atomic E-state index is 0.0404. The number of amidine groups is 1. The monoisotopic (exact) mass is 675 g/mol. The van der Waals surface area contributed by atoms with Crippen molar-refractivity contribution in [2.24, 2.45) is 16.6 Å². The van der Waals surface area contributed by atoms with Gasteiger partial charge in [-0.3, -0.25) is 14.6 Å². The molecule has 0 saturated carbocycles. The van der Waals surface area contributed by atoms with Crippen LogP contribution in [0.2, 0.25) is 0 Å². The number of carbonyl (C=O) groups is 4. The van der Waals surface area contributed by atoms with E-state index in [-0.39, 0.29) is 56.7 Å². The number of aliphatic imine (C=N–C) groups is 1. The van der Waals surface area contributed by atoms with E-state index in [2.05, 4.69) is 15.6 Å². The molecular formula is C36H49N7O6. The van der Waals surface area contributed by atoms with Crippen LogP contribution in [0.1, 0.15) is 50.8 Å². The number of piperidine rings is 1. The van der Waals surface area contributed by atoms with Crippen molar-refractivity contribution in [1.82, 2.24) is 25.3 Å². The van der Waals surface area contributed by atoms with E-state index in [1.165, 1.54) is 4.90 Å². The van der Waals surface area contributed by atoms with Gasteiger partial charge in [0.05, 0.1) is 30.7 Å². The number of ether oxygens (including phenoxy) is 2. The largest absolute Gasteiger partial charge is 0.465 e. The van der Waals surface area contributed by atoms with Gasteiger partial charge in [-0.1, -0.05) is 60.7 Å². The van der Waals surface area contributed by atoms with E-state index in [1.54, 1.807) is 11.8 Å². The molecule has 2 aliphatic rings. The molecule has 0 aromatic heterocycles. The van der Waals surface area contributed by atoms with Crippen LogP contribution < -0.4 is 16.4 Å². The number of nitrogens with one attached hydrogen (secondary N) is 2. The number of likely N-dealkylation sites (tertiary alicyclic amines) is 1. The molecule has 4 amide bonds. The van der Waals surface area contributed by atoms with Gasteiger partial charge in [0.1, 0.15) is 19.0 Å². The highest BCUT2D eigenvalue weighted by molar-refractivity contribution is 6.10. The number of likely N-dealkylation sites (N-methyl/N-ethyl adjacent to an activating group) is 1. The summed E-state index contributed by atoms with van der Waals surface area (Å²) >= 11 is 0. The Morgan fingerprint density at radius 1 is 1.04 bits per heavy atom. The van der Waals surface area contributed by atoms with E-state index in [0.717, 1.165) is 11.1 Å². The summed E-state index contributed by atoms with van der Waals surface area (Å²) in [6, 6.07) is 18.4. The van der Waals surface area contributed by atoms with Gasteiger partial charge in [0.25, 0.3) is 0 Å². The van der Waals surface area contributed by atoms with Crippen molar-refractivity contribution in [1.29, 1.82) is 0 Å². The molecule has 1 saturated heterocycles. The van der Waals surface area contributed by atoms with Crippen LogP contribution in [0.3, 0.4) is 0 Å². The topological polar surface area (TPSA) is 159 Å². The Morgan fingerprint density at radius 3 is 2.37 bits per heavy atom. The molecule has 264 valence electrons. The number of amides is 4. The van der Waals surface area contributed by atoms with Gasteiger partial charge >= 0.3 is 18.1 Å². The second kappa shape index (κ2) is 17.0. The van der Waals surface area contributed by atoms with E-state index >= 15 is 0 Å². The van der Waals surface area contributed by atoms with E-state index in [0.29, 0.717) is 37.2 Å². The Kier molecular flexibility index (Phi) is 12.8. The summed E-state index contributed by atoms with van der Waals surface area (Å²) < 4.78 is 10.6. The third-order valence-electron chi connectivity index (χ3n) is 8.72. The number of nitrogens with two attached hydrogens (primary N) is 1. The van der Waals surface area contributed by atoms with Crippen LogP contribution in [0.5, 0.6) is 0 Å². The van der Waals surface area contributed by atoms with Crippen molar-refractivity contribution in [2.75, 3.05) is 53.4 Å². The highest BCUT2D eigenvalue weighted by atomic mass is 16.6. The minimum atomic E-state index is -0.946. The molecule has 0 radical (unpaired) electrons. The van der Waals surface area contributed by atoms with Gasteiger partial charge in [-0.25, -0.2) is 9.59 Å². The van der Waals surface area contributed by atoms with E-state index < -0.39 is 23.5 Å². The second-order valence-electron chi connectivity index (χ2n) is 13.0. The molecule has 0 bridgehead atoms. The number of hydrogen-bond donors (Lipinski definition) is 3. The van der Waals surface area contributed by atoms with Crippen LogP contribution in [-0.4, -0.2) is 104 Å². The first-order valence-electron chi connectivity index (χ1n) is 16.6. The lowest BCUT2D eigenvalue weighted by Gasteiger charge is -2.35. The summed E-state index contributed by atoms with van der Waals surface area (Å²) in [5, 5.41) is 6.04. The molecule has 0 unspecified atom stereocenters. The van der Waals surface area contributed by atoms with E-state index in [9.17, 15) is 19.2 Å². The molecule has 13 heteroatoms. The van der Waals surface area contributed by atoms with E-state index in [1.807, 2.05) is 93.5 Å². The maximum Gasteiger partial charge on any atom is 0.410 e. The molecule has 13 nitrogen and oxygen atoms in total. The van der Waals surface area contributed by atoms with Crippen LogP contribution >= 0.6 is 0 Å².